The summed E-state index contributed by atoms with van der Waals surface area (Å²) in [6.45, 7) is 11.5. The van der Waals surface area contributed by atoms with Crippen LogP contribution in [0.4, 0.5) is 10.2 Å². The molecule has 1 unspecified atom stereocenters. The Morgan fingerprint density at radius 1 is 1.10 bits per heavy atom. The quantitative estimate of drug-likeness (QED) is 0.337. The molecule has 13 nitrogen and oxygen atoms in total. The largest absolute Gasteiger partial charge is 0.451 e. The Kier molecular flexibility index (Phi) is 11.0. The number of ether oxygens (including phenoxy) is 1. The van der Waals surface area contributed by atoms with Crippen molar-refractivity contribution in [1.29, 1.82) is 0 Å². The summed E-state index contributed by atoms with van der Waals surface area (Å²) in [5.41, 5.74) is 5.75. The number of primary amides is 1. The molecule has 4 fully saturated rings. The van der Waals surface area contributed by atoms with Crippen molar-refractivity contribution < 1.29 is 27.1 Å². The van der Waals surface area contributed by atoms with Crippen LogP contribution in [0.3, 0.4) is 0 Å². The molecule has 2 amide bonds. The molecule has 3 saturated heterocycles. The van der Waals surface area contributed by atoms with Gasteiger partial charge in [-0.15, -0.1) is 0 Å². The van der Waals surface area contributed by atoms with Crippen LogP contribution in [0.5, 0.6) is 11.5 Å². The van der Waals surface area contributed by atoms with Gasteiger partial charge < -0.3 is 25.2 Å². The van der Waals surface area contributed by atoms with E-state index in [9.17, 15) is 22.4 Å². The Morgan fingerprint density at radius 2 is 1.82 bits per heavy atom. The molecule has 274 valence electrons. The van der Waals surface area contributed by atoms with Crippen LogP contribution in [-0.2, 0) is 15.0 Å². The number of piperidine rings is 1. The molecular formula is C35H51FN8O5S. The van der Waals surface area contributed by atoms with Crippen molar-refractivity contribution in [2.75, 3.05) is 57.3 Å². The molecule has 1 spiro atoms. The average molecular weight is 715 g/mol. The van der Waals surface area contributed by atoms with Crippen molar-refractivity contribution in [3.8, 4) is 11.5 Å². The topological polar surface area (TPSA) is 154 Å². The van der Waals surface area contributed by atoms with Gasteiger partial charge >= 0.3 is 0 Å². The van der Waals surface area contributed by atoms with Crippen LogP contribution in [0.1, 0.15) is 76.1 Å². The van der Waals surface area contributed by atoms with Gasteiger partial charge in [0.2, 0.25) is 5.91 Å². The third-order valence-corrected chi connectivity index (χ3v) is 12.8. The molecule has 3 aliphatic heterocycles. The maximum atomic E-state index is 14.3. The fraction of sp³-hybridized carbons (Fsp3) is 0.657. The first-order chi connectivity index (χ1) is 23.9. The summed E-state index contributed by atoms with van der Waals surface area (Å²) < 4.78 is 50.6. The van der Waals surface area contributed by atoms with Crippen LogP contribution in [0.2, 0.25) is 0 Å². The van der Waals surface area contributed by atoms with Gasteiger partial charge in [-0.1, -0.05) is 0 Å². The maximum Gasteiger partial charge on any atom is 0.279 e. The van der Waals surface area contributed by atoms with Crippen LogP contribution >= 0.6 is 0 Å². The van der Waals surface area contributed by atoms with Crippen molar-refractivity contribution in [2.45, 2.75) is 77.8 Å². The summed E-state index contributed by atoms with van der Waals surface area (Å²) in [4.78, 5) is 40.0. The molecule has 1 aliphatic carbocycles. The second kappa shape index (κ2) is 15.1. The molecule has 3 N–H and O–H groups in total. The van der Waals surface area contributed by atoms with E-state index in [-0.39, 0.29) is 41.3 Å². The number of rotatable bonds is 12. The lowest BCUT2D eigenvalue weighted by molar-refractivity contribution is -0.121. The summed E-state index contributed by atoms with van der Waals surface area (Å²) in [6.07, 6.45) is 9.34. The fourth-order valence-electron chi connectivity index (χ4n) is 8.13. The van der Waals surface area contributed by atoms with Crippen molar-refractivity contribution in [1.82, 2.24) is 28.8 Å². The van der Waals surface area contributed by atoms with E-state index in [4.69, 9.17) is 10.5 Å². The highest BCUT2D eigenvalue weighted by molar-refractivity contribution is 7.87. The number of likely N-dealkylation sites (tertiary alicyclic amines) is 1. The number of aromatic nitrogens is 2. The number of carbonyl (C=O) groups excluding carboxylic acids is 2. The predicted molar refractivity (Wildman–Crippen MR) is 187 cm³/mol. The number of nitrogens with two attached hydrogens (primary N) is 1. The molecule has 15 heteroatoms. The van der Waals surface area contributed by atoms with Crippen molar-refractivity contribution in [2.24, 2.45) is 23.0 Å². The number of benzene rings is 1. The maximum absolute atomic E-state index is 14.3. The fourth-order valence-corrected chi connectivity index (χ4v) is 9.65. The lowest BCUT2D eigenvalue weighted by Gasteiger charge is -2.54. The zero-order chi connectivity index (χ0) is 35.6. The Balaban J connectivity index is 0.980. The van der Waals surface area contributed by atoms with Crippen molar-refractivity contribution >= 4 is 27.8 Å². The number of nitrogens with zero attached hydrogens (tertiary/aromatic N) is 6. The number of amides is 2. The summed E-state index contributed by atoms with van der Waals surface area (Å²) in [6, 6.07) is 3.88. The molecule has 0 bridgehead atoms. The Hall–Kier alpha value is -3.40. The zero-order valence-corrected chi connectivity index (χ0v) is 30.2. The highest BCUT2D eigenvalue weighted by Crippen LogP contribution is 2.45. The minimum Gasteiger partial charge on any atom is -0.451 e. The molecule has 4 aliphatic rings. The number of nitrogens with one attached hydrogen (secondary N) is 1. The van der Waals surface area contributed by atoms with E-state index in [1.807, 2.05) is 20.8 Å². The number of halogens is 1. The SMILES string of the molecule is CCN(C(=O)c1cc(F)ccc1Oc1cncnc1N1CC2(CCN(CC3CCC(NS(=O)(=O)N4CCC(C(N)=O)C4)CC3)CC2)C1)C(C)C. The van der Waals surface area contributed by atoms with Crippen molar-refractivity contribution in [3.05, 3.63) is 42.1 Å². The molecule has 1 aromatic heterocycles. The van der Waals surface area contributed by atoms with Gasteiger partial charge in [-0.25, -0.2) is 14.4 Å². The molecule has 1 aromatic carbocycles. The van der Waals surface area contributed by atoms with Gasteiger partial charge in [0.25, 0.3) is 16.1 Å². The van der Waals surface area contributed by atoms with Gasteiger partial charge in [0, 0.05) is 56.8 Å². The smallest absolute Gasteiger partial charge is 0.279 e. The molecule has 1 saturated carbocycles. The average Bonchev–Trinajstić information content (AvgIpc) is 3.59. The summed E-state index contributed by atoms with van der Waals surface area (Å²) in [5, 5.41) is 0. The number of hydrogen-bond donors (Lipinski definition) is 2. The van der Waals surface area contributed by atoms with Gasteiger partial charge in [0.15, 0.2) is 11.6 Å². The van der Waals surface area contributed by atoms with Crippen LogP contribution < -0.4 is 20.1 Å². The standard InChI is InChI=1S/C35H51FN8O5S/c1-4-44(24(2)3)34(46)29-17-27(36)7-10-30(29)49-31-18-38-23-39-33(31)42-21-35(22-42)12-15-41(16-13-35)19-25-5-8-28(9-6-25)40-50(47,48)43-14-11-26(20-43)32(37)45/h7,10,17-18,23-26,28,40H,4-6,8-9,11-16,19-22H2,1-3H3,(H2,37,45). The second-order valence-corrected chi connectivity index (χ2v) is 16.6. The highest BCUT2D eigenvalue weighted by Gasteiger charge is 2.46. The number of hydrogen-bond acceptors (Lipinski definition) is 9. The third kappa shape index (κ3) is 8.05. The van der Waals surface area contributed by atoms with Crippen LogP contribution in [0, 0.1) is 23.1 Å². The van der Waals surface area contributed by atoms with E-state index in [2.05, 4.69) is 24.5 Å². The van der Waals surface area contributed by atoms with Crippen LogP contribution in [-0.4, -0.2) is 109 Å². The first-order valence-electron chi connectivity index (χ1n) is 18.0. The Labute approximate surface area is 294 Å². The Bertz CT molecular complexity index is 1640. The van der Waals surface area contributed by atoms with E-state index in [0.717, 1.165) is 71.2 Å². The normalized spacial score (nSPS) is 24.3. The van der Waals surface area contributed by atoms with E-state index < -0.39 is 27.9 Å². The zero-order valence-electron chi connectivity index (χ0n) is 29.4. The number of carbonyl (C=O) groups is 2. The van der Waals surface area contributed by atoms with E-state index in [1.165, 1.54) is 28.8 Å². The van der Waals surface area contributed by atoms with Crippen molar-refractivity contribution in [3.63, 3.8) is 0 Å². The minimum absolute atomic E-state index is 0.0488. The molecule has 0 radical (unpaired) electrons. The molecule has 1 atom stereocenters. The molecule has 50 heavy (non-hydrogen) atoms. The summed E-state index contributed by atoms with van der Waals surface area (Å²) in [5.74, 6) is 0.266. The monoisotopic (exact) mass is 714 g/mol. The Morgan fingerprint density at radius 3 is 2.46 bits per heavy atom. The first-order valence-corrected chi connectivity index (χ1v) is 19.4. The summed E-state index contributed by atoms with van der Waals surface area (Å²) >= 11 is 0. The van der Waals surface area contributed by atoms with E-state index in [0.29, 0.717) is 37.0 Å². The minimum atomic E-state index is -3.62. The van der Waals surface area contributed by atoms with Gasteiger partial charge in [0.1, 0.15) is 17.9 Å². The first kappa shape index (κ1) is 36.4. The highest BCUT2D eigenvalue weighted by atomic mass is 32.2. The van der Waals surface area contributed by atoms with Gasteiger partial charge in [-0.05, 0) is 103 Å². The van der Waals surface area contributed by atoms with E-state index >= 15 is 0 Å². The number of anilines is 1. The van der Waals surface area contributed by atoms with Gasteiger partial charge in [-0.3, -0.25) is 9.59 Å². The molecule has 2 aromatic rings. The third-order valence-electron chi connectivity index (χ3n) is 11.1. The molecule has 4 heterocycles. The van der Waals surface area contributed by atoms with E-state index in [1.54, 1.807) is 11.1 Å². The van der Waals surface area contributed by atoms with Crippen LogP contribution in [0.25, 0.3) is 0 Å². The molecule has 6 rings (SSSR count). The molecular weight excluding hydrogens is 664 g/mol. The lowest BCUT2D eigenvalue weighted by atomic mass is 9.71. The van der Waals surface area contributed by atoms with Gasteiger partial charge in [0.05, 0.1) is 17.7 Å². The predicted octanol–water partition coefficient (Wildman–Crippen LogP) is 3.38. The summed E-state index contributed by atoms with van der Waals surface area (Å²) in [7, 11) is -3.62. The lowest BCUT2D eigenvalue weighted by Crippen LogP contribution is -2.61. The second-order valence-electron chi connectivity index (χ2n) is 14.9. The van der Waals surface area contributed by atoms with Crippen LogP contribution in [0.15, 0.2) is 30.7 Å². The van der Waals surface area contributed by atoms with Gasteiger partial charge in [-0.2, -0.15) is 17.4 Å².